The van der Waals surface area contributed by atoms with Crippen LogP contribution in [0.15, 0.2) is 12.5 Å². The van der Waals surface area contributed by atoms with Gasteiger partial charge in [-0.1, -0.05) is 0 Å². The normalized spacial score (nSPS) is 11.0. The molecule has 68 valence electrons. The molecular formula is C6H12N4O2. The second kappa shape index (κ2) is 4.17. The van der Waals surface area contributed by atoms with Gasteiger partial charge in [0.2, 0.25) is 0 Å². The zero-order valence-corrected chi connectivity index (χ0v) is 7.06. The van der Waals surface area contributed by atoms with Crippen molar-refractivity contribution in [2.45, 2.75) is 6.61 Å². The molecule has 0 saturated carbocycles. The summed E-state index contributed by atoms with van der Waals surface area (Å²) in [4.78, 5) is 8.72. The third-order valence-electron chi connectivity index (χ3n) is 1.44. The summed E-state index contributed by atoms with van der Waals surface area (Å²) < 4.78 is 1.81. The number of hydrazine groups is 1. The van der Waals surface area contributed by atoms with Crippen LogP contribution in [0.5, 0.6) is 0 Å². The second-order valence-corrected chi connectivity index (χ2v) is 2.27. The van der Waals surface area contributed by atoms with Gasteiger partial charge >= 0.3 is 0 Å². The molecule has 12 heavy (non-hydrogen) atoms. The monoisotopic (exact) mass is 172 g/mol. The molecule has 0 fully saturated rings. The molecule has 0 atom stereocenters. The number of aryl methyl sites for hydroxylation is 1. The molecule has 6 nitrogen and oxygen atoms in total. The van der Waals surface area contributed by atoms with Crippen LogP contribution in [0.1, 0.15) is 5.69 Å². The molecule has 0 saturated heterocycles. The number of hydrogen-bond donors (Lipinski definition) is 2. The van der Waals surface area contributed by atoms with Crippen molar-refractivity contribution in [1.29, 1.82) is 0 Å². The largest absolute Gasteiger partial charge is 0.336 e. The zero-order chi connectivity index (χ0) is 8.97. The van der Waals surface area contributed by atoms with E-state index in [1.807, 2.05) is 11.6 Å². The van der Waals surface area contributed by atoms with Crippen LogP contribution in [0.4, 0.5) is 0 Å². The van der Waals surface area contributed by atoms with E-state index in [4.69, 9.17) is 10.0 Å². The van der Waals surface area contributed by atoms with E-state index in [0.29, 0.717) is 5.34 Å². The molecule has 1 aromatic heterocycles. The van der Waals surface area contributed by atoms with E-state index in [2.05, 4.69) is 10.4 Å². The Labute approximate surface area is 70.3 Å². The third kappa shape index (κ3) is 2.28. The highest BCUT2D eigenvalue weighted by Crippen LogP contribution is 1.98. The van der Waals surface area contributed by atoms with Gasteiger partial charge in [0.25, 0.3) is 0 Å². The number of nitrogens with zero attached hydrogens (tertiary/aromatic N) is 3. The summed E-state index contributed by atoms with van der Waals surface area (Å²) in [7, 11) is 3.40. The SMILES string of the molecule is CNN(O)OCc1cncn1C. The fraction of sp³-hybridized carbons (Fsp3) is 0.500. The van der Waals surface area contributed by atoms with Crippen molar-refractivity contribution in [3.05, 3.63) is 18.2 Å². The fourth-order valence-electron chi connectivity index (χ4n) is 0.716. The third-order valence-corrected chi connectivity index (χ3v) is 1.44. The first-order valence-corrected chi connectivity index (χ1v) is 3.48. The van der Waals surface area contributed by atoms with Crippen molar-refractivity contribution in [3.8, 4) is 0 Å². The van der Waals surface area contributed by atoms with Crippen molar-refractivity contribution in [2.24, 2.45) is 7.05 Å². The molecule has 1 heterocycles. The lowest BCUT2D eigenvalue weighted by molar-refractivity contribution is -0.375. The molecule has 0 aliphatic heterocycles. The van der Waals surface area contributed by atoms with Gasteiger partial charge in [0.1, 0.15) is 6.61 Å². The number of hydrogen-bond acceptors (Lipinski definition) is 5. The standard InChI is InChI=1S/C6H12N4O2/c1-7-10(11)12-4-6-3-8-5-9(6)2/h3,5,7,11H,4H2,1-2H3. The molecule has 2 N–H and O–H groups in total. The minimum absolute atomic E-state index is 0.272. The van der Waals surface area contributed by atoms with E-state index in [-0.39, 0.29) is 6.61 Å². The highest BCUT2D eigenvalue weighted by atomic mass is 16.9. The Kier molecular flexibility index (Phi) is 3.18. The maximum absolute atomic E-state index is 8.82. The van der Waals surface area contributed by atoms with Crippen molar-refractivity contribution in [2.75, 3.05) is 7.05 Å². The molecule has 6 heteroatoms. The topological polar surface area (TPSA) is 62.6 Å². The highest BCUT2D eigenvalue weighted by Gasteiger charge is 2.00. The average molecular weight is 172 g/mol. The second-order valence-electron chi connectivity index (χ2n) is 2.27. The van der Waals surface area contributed by atoms with E-state index < -0.39 is 0 Å². The number of imidazole rings is 1. The molecule has 1 aromatic rings. The van der Waals surface area contributed by atoms with Crippen LogP contribution in [0, 0.1) is 0 Å². The molecular weight excluding hydrogens is 160 g/mol. The van der Waals surface area contributed by atoms with Crippen LogP contribution >= 0.6 is 0 Å². The van der Waals surface area contributed by atoms with Gasteiger partial charge in [0.15, 0.2) is 0 Å². The van der Waals surface area contributed by atoms with Crippen LogP contribution in [0.2, 0.25) is 0 Å². The predicted molar refractivity (Wildman–Crippen MR) is 40.7 cm³/mol. The Morgan fingerprint density at radius 2 is 2.58 bits per heavy atom. The Hall–Kier alpha value is -0.950. The molecule has 0 aliphatic carbocycles. The van der Waals surface area contributed by atoms with Crippen molar-refractivity contribution in [3.63, 3.8) is 0 Å². The zero-order valence-electron chi connectivity index (χ0n) is 7.06. The van der Waals surface area contributed by atoms with Gasteiger partial charge in [-0.25, -0.2) is 10.4 Å². The molecule has 0 aromatic carbocycles. The van der Waals surface area contributed by atoms with Gasteiger partial charge in [0, 0.05) is 19.4 Å². The Morgan fingerprint density at radius 1 is 1.83 bits per heavy atom. The van der Waals surface area contributed by atoms with E-state index in [0.717, 1.165) is 5.69 Å². The quantitative estimate of drug-likeness (QED) is 0.609. The summed E-state index contributed by atoms with van der Waals surface area (Å²) in [5.41, 5.74) is 3.26. The molecule has 1 rings (SSSR count). The Morgan fingerprint density at radius 3 is 3.08 bits per heavy atom. The van der Waals surface area contributed by atoms with Crippen LogP contribution in [0.25, 0.3) is 0 Å². The molecule has 0 amide bonds. The van der Waals surface area contributed by atoms with E-state index in [1.54, 1.807) is 19.6 Å². The average Bonchev–Trinajstić information content (AvgIpc) is 2.47. The predicted octanol–water partition coefficient (Wildman–Crippen LogP) is -0.323. The van der Waals surface area contributed by atoms with Crippen molar-refractivity contribution in [1.82, 2.24) is 20.3 Å². The lowest BCUT2D eigenvalue weighted by atomic mass is 10.5. The first-order valence-electron chi connectivity index (χ1n) is 3.48. The maximum Gasteiger partial charge on any atom is 0.114 e. The van der Waals surface area contributed by atoms with Crippen LogP contribution in [-0.4, -0.2) is 27.1 Å². The summed E-state index contributed by atoms with van der Waals surface area (Å²) in [6, 6.07) is 0. The van der Waals surface area contributed by atoms with Crippen LogP contribution in [0.3, 0.4) is 0 Å². The summed E-state index contributed by atoms with van der Waals surface area (Å²) >= 11 is 0. The molecule has 0 spiro atoms. The molecule has 0 unspecified atom stereocenters. The molecule has 0 bridgehead atoms. The fourth-order valence-corrected chi connectivity index (χ4v) is 0.716. The summed E-state index contributed by atoms with van der Waals surface area (Å²) in [6.07, 6.45) is 3.34. The van der Waals surface area contributed by atoms with Gasteiger partial charge in [-0.3, -0.25) is 10.0 Å². The van der Waals surface area contributed by atoms with Crippen LogP contribution in [-0.2, 0) is 18.5 Å². The minimum atomic E-state index is 0.272. The molecule has 0 aliphatic rings. The van der Waals surface area contributed by atoms with Gasteiger partial charge in [-0.2, -0.15) is 0 Å². The van der Waals surface area contributed by atoms with Gasteiger partial charge in [0.05, 0.1) is 18.2 Å². The van der Waals surface area contributed by atoms with Crippen LogP contribution < -0.4 is 5.43 Å². The Bertz CT molecular complexity index is 237. The van der Waals surface area contributed by atoms with Gasteiger partial charge < -0.3 is 4.57 Å². The minimum Gasteiger partial charge on any atom is -0.336 e. The summed E-state index contributed by atoms with van der Waals surface area (Å²) in [6.45, 7) is 0.272. The smallest absolute Gasteiger partial charge is 0.114 e. The molecule has 0 radical (unpaired) electrons. The van der Waals surface area contributed by atoms with Gasteiger partial charge in [-0.15, -0.1) is 0 Å². The number of nitrogens with one attached hydrogen (secondary N) is 1. The van der Waals surface area contributed by atoms with E-state index in [1.165, 1.54) is 0 Å². The summed E-state index contributed by atoms with van der Waals surface area (Å²) in [5.74, 6) is 0. The van der Waals surface area contributed by atoms with Crippen molar-refractivity contribution >= 4 is 0 Å². The highest BCUT2D eigenvalue weighted by molar-refractivity contribution is 4.94. The first kappa shape index (κ1) is 9.14. The number of rotatable bonds is 4. The van der Waals surface area contributed by atoms with E-state index >= 15 is 0 Å². The summed E-state index contributed by atoms with van der Waals surface area (Å²) in [5, 5.41) is 9.37. The van der Waals surface area contributed by atoms with Crippen molar-refractivity contribution < 1.29 is 10.0 Å². The lowest BCUT2D eigenvalue weighted by Gasteiger charge is -2.11. The Balaban J connectivity index is 2.38. The van der Waals surface area contributed by atoms with Gasteiger partial charge in [-0.05, 0) is 0 Å². The first-order chi connectivity index (χ1) is 5.74. The maximum atomic E-state index is 8.82. The lowest BCUT2D eigenvalue weighted by Crippen LogP contribution is -2.31. The number of aromatic nitrogens is 2. The van der Waals surface area contributed by atoms with E-state index in [9.17, 15) is 0 Å².